The highest BCUT2D eigenvalue weighted by molar-refractivity contribution is 5.66. The molecule has 4 aliphatic carbocycles. The van der Waals surface area contributed by atoms with Crippen LogP contribution in [0.5, 0.6) is 0 Å². The first-order valence-corrected chi connectivity index (χ1v) is 15.9. The summed E-state index contributed by atoms with van der Waals surface area (Å²) in [7, 11) is 0. The third-order valence-electron chi connectivity index (χ3n) is 13.1. The van der Waals surface area contributed by atoms with Crippen LogP contribution < -0.4 is 0 Å². The Hall–Kier alpha value is -0.950. The summed E-state index contributed by atoms with van der Waals surface area (Å²) in [6.45, 7) is 17.7. The second-order valence-electron chi connectivity index (χ2n) is 14.6. The lowest BCUT2D eigenvalue weighted by molar-refractivity contribution is -0.937. The van der Waals surface area contributed by atoms with Crippen molar-refractivity contribution in [1.29, 1.82) is 0 Å². The molecule has 2 saturated heterocycles. The number of morpholine rings is 1. The van der Waals surface area contributed by atoms with E-state index >= 15 is 0 Å². The number of likely N-dealkylation sites (tertiary alicyclic amines) is 1. The normalized spacial score (nSPS) is 48.5. The van der Waals surface area contributed by atoms with E-state index in [1.165, 1.54) is 51.6 Å². The van der Waals surface area contributed by atoms with Crippen molar-refractivity contribution in [3.05, 3.63) is 12.7 Å². The number of quaternary nitrogens is 1. The molecule has 10 atom stereocenters. The molecule has 0 aromatic rings. The van der Waals surface area contributed by atoms with Crippen molar-refractivity contribution in [3.63, 3.8) is 0 Å². The molecule has 4 unspecified atom stereocenters. The number of ether oxygens (including phenoxy) is 2. The Bertz CT molecular complexity index is 898. The van der Waals surface area contributed by atoms with E-state index in [1.54, 1.807) is 6.92 Å². The number of aliphatic hydroxyl groups excluding tert-OH is 1. The molecule has 2 aliphatic heterocycles. The number of hydrogen-bond donors (Lipinski definition) is 1. The van der Waals surface area contributed by atoms with Gasteiger partial charge in [0.1, 0.15) is 6.04 Å². The summed E-state index contributed by atoms with van der Waals surface area (Å²) >= 11 is 0. The number of nitrogens with zero attached hydrogens (tertiary/aromatic N) is 2. The van der Waals surface area contributed by atoms with E-state index in [4.69, 9.17) is 9.47 Å². The quantitative estimate of drug-likeness (QED) is 0.325. The van der Waals surface area contributed by atoms with E-state index in [9.17, 15) is 9.90 Å². The molecule has 0 aromatic heterocycles. The molecule has 6 fully saturated rings. The van der Waals surface area contributed by atoms with Crippen LogP contribution in [0.4, 0.5) is 0 Å². The zero-order valence-electron chi connectivity index (χ0n) is 24.3. The SMILES string of the molecule is C=CC[N+]1([C@H]2CC3C4CCC5C[C@H](O)[C@@H](N6CCOCC6)C[C@]5(C)C4CC[C@]3(C)[C@H]2OC(C)=O)CCCC1. The van der Waals surface area contributed by atoms with E-state index in [1.807, 2.05) is 0 Å². The first-order valence-electron chi connectivity index (χ1n) is 15.9. The van der Waals surface area contributed by atoms with Crippen molar-refractivity contribution in [2.45, 2.75) is 103 Å². The predicted octanol–water partition coefficient (Wildman–Crippen LogP) is 4.41. The summed E-state index contributed by atoms with van der Waals surface area (Å²) in [6, 6.07) is 0.663. The monoisotopic (exact) mass is 529 g/mol. The Morgan fingerprint density at radius 2 is 1.84 bits per heavy atom. The molecule has 4 saturated carbocycles. The van der Waals surface area contributed by atoms with Crippen LogP contribution >= 0.6 is 0 Å². The summed E-state index contributed by atoms with van der Waals surface area (Å²) in [5.41, 5.74) is 0.343. The van der Waals surface area contributed by atoms with Crippen LogP contribution in [0.15, 0.2) is 12.7 Å². The number of hydrogen-bond acceptors (Lipinski definition) is 5. The summed E-state index contributed by atoms with van der Waals surface area (Å²) in [5, 5.41) is 11.3. The maximum Gasteiger partial charge on any atom is 0.303 e. The molecule has 0 bridgehead atoms. The smallest absolute Gasteiger partial charge is 0.303 e. The van der Waals surface area contributed by atoms with Gasteiger partial charge in [-0.25, -0.2) is 0 Å². The van der Waals surface area contributed by atoms with E-state index < -0.39 is 0 Å². The number of aliphatic hydroxyl groups is 1. The third-order valence-corrected chi connectivity index (χ3v) is 13.1. The van der Waals surface area contributed by atoms with Crippen LogP contribution in [0.2, 0.25) is 0 Å². The third kappa shape index (κ3) is 4.23. The largest absolute Gasteiger partial charge is 0.456 e. The van der Waals surface area contributed by atoms with Gasteiger partial charge in [-0.2, -0.15) is 0 Å². The molecular formula is C32H53N2O4+. The van der Waals surface area contributed by atoms with E-state index in [-0.39, 0.29) is 35.0 Å². The minimum Gasteiger partial charge on any atom is -0.456 e. The van der Waals surface area contributed by atoms with Gasteiger partial charge in [0, 0.05) is 50.7 Å². The topological polar surface area (TPSA) is 59.0 Å². The molecule has 0 amide bonds. The highest BCUT2D eigenvalue weighted by Crippen LogP contribution is 2.67. The number of rotatable bonds is 5. The summed E-state index contributed by atoms with van der Waals surface area (Å²) in [4.78, 5) is 15.0. The highest BCUT2D eigenvalue weighted by atomic mass is 16.5. The maximum absolute atomic E-state index is 12.5. The number of fused-ring (bicyclic) bond motifs is 5. The molecule has 6 aliphatic rings. The van der Waals surface area contributed by atoms with Gasteiger partial charge < -0.3 is 19.1 Å². The fourth-order valence-corrected chi connectivity index (χ4v) is 11.3. The van der Waals surface area contributed by atoms with Crippen LogP contribution in [-0.4, -0.2) is 90.7 Å². The van der Waals surface area contributed by atoms with Gasteiger partial charge in [-0.3, -0.25) is 9.69 Å². The van der Waals surface area contributed by atoms with Crippen molar-refractivity contribution < 1.29 is 23.9 Å². The van der Waals surface area contributed by atoms with Gasteiger partial charge in [-0.1, -0.05) is 20.4 Å². The van der Waals surface area contributed by atoms with E-state index in [0.717, 1.165) is 56.6 Å². The van der Waals surface area contributed by atoms with Gasteiger partial charge in [-0.05, 0) is 73.7 Å². The van der Waals surface area contributed by atoms with Crippen LogP contribution in [0, 0.1) is 34.5 Å². The zero-order chi connectivity index (χ0) is 26.7. The first-order chi connectivity index (χ1) is 18.2. The van der Waals surface area contributed by atoms with Crippen molar-refractivity contribution in [2.24, 2.45) is 34.5 Å². The average molecular weight is 530 g/mol. The molecule has 2 heterocycles. The van der Waals surface area contributed by atoms with Crippen molar-refractivity contribution in [1.82, 2.24) is 4.90 Å². The Labute approximate surface area is 230 Å². The maximum atomic E-state index is 12.5. The highest BCUT2D eigenvalue weighted by Gasteiger charge is 2.67. The molecule has 0 aromatic carbocycles. The zero-order valence-corrected chi connectivity index (χ0v) is 24.3. The van der Waals surface area contributed by atoms with Crippen LogP contribution in [0.3, 0.4) is 0 Å². The van der Waals surface area contributed by atoms with Gasteiger partial charge in [0.25, 0.3) is 0 Å². The lowest BCUT2D eigenvalue weighted by Gasteiger charge is -2.62. The number of carbonyl (C=O) groups is 1. The molecular weight excluding hydrogens is 476 g/mol. The van der Waals surface area contributed by atoms with Crippen LogP contribution in [-0.2, 0) is 14.3 Å². The first kappa shape index (κ1) is 27.2. The second kappa shape index (κ2) is 10.2. The standard InChI is InChI=1S/C32H53N2O4/c1-5-14-34(15-6-7-16-34)28-20-26-24-9-8-23-19-29(36)27(33-12-17-37-18-13-33)21-32(23,4)25(24)10-11-31(26,3)30(28)38-22(2)35/h5,23-30,36H,1,6-21H2,2-4H3/q+1/t23?,24?,25?,26?,27-,28-,29-,30-,31-,32-/m0/s1. The second-order valence-corrected chi connectivity index (χ2v) is 14.6. The molecule has 0 radical (unpaired) electrons. The Morgan fingerprint density at radius 3 is 2.53 bits per heavy atom. The predicted molar refractivity (Wildman–Crippen MR) is 148 cm³/mol. The Kier molecular flexibility index (Phi) is 7.27. The average Bonchev–Trinajstić information content (AvgIpc) is 3.48. The van der Waals surface area contributed by atoms with Crippen molar-refractivity contribution >= 4 is 5.97 Å². The van der Waals surface area contributed by atoms with Gasteiger partial charge >= 0.3 is 5.97 Å². The van der Waals surface area contributed by atoms with Crippen LogP contribution in [0.1, 0.15) is 78.6 Å². The fraction of sp³-hybridized carbons (Fsp3) is 0.906. The molecule has 38 heavy (non-hydrogen) atoms. The van der Waals surface area contributed by atoms with Crippen molar-refractivity contribution in [2.75, 3.05) is 45.9 Å². The van der Waals surface area contributed by atoms with Crippen LogP contribution in [0.25, 0.3) is 0 Å². The molecule has 6 rings (SSSR count). The van der Waals surface area contributed by atoms with E-state index in [2.05, 4.69) is 31.4 Å². The number of esters is 1. The van der Waals surface area contributed by atoms with Gasteiger partial charge in [0.05, 0.1) is 39.0 Å². The van der Waals surface area contributed by atoms with Gasteiger partial charge in [0.2, 0.25) is 0 Å². The molecule has 6 heteroatoms. The molecule has 1 N–H and O–H groups in total. The van der Waals surface area contributed by atoms with Gasteiger partial charge in [-0.15, -0.1) is 0 Å². The molecule has 0 spiro atoms. The summed E-state index contributed by atoms with van der Waals surface area (Å²) < 4.78 is 13.1. The summed E-state index contributed by atoms with van der Waals surface area (Å²) in [6.07, 6.45) is 12.7. The van der Waals surface area contributed by atoms with E-state index in [0.29, 0.717) is 29.7 Å². The minimum atomic E-state index is -0.209. The fourth-order valence-electron chi connectivity index (χ4n) is 11.3. The Balaban J connectivity index is 1.30. The lowest BCUT2D eigenvalue weighted by Crippen LogP contribution is -2.61. The lowest BCUT2D eigenvalue weighted by atomic mass is 9.44. The van der Waals surface area contributed by atoms with Crippen molar-refractivity contribution in [3.8, 4) is 0 Å². The minimum absolute atomic E-state index is 0.0174. The summed E-state index contributed by atoms with van der Waals surface area (Å²) in [5.74, 6) is 2.54. The molecule has 214 valence electrons. The Morgan fingerprint density at radius 1 is 1.11 bits per heavy atom. The molecule has 6 nitrogen and oxygen atoms in total. The van der Waals surface area contributed by atoms with Gasteiger partial charge in [0.15, 0.2) is 6.10 Å². The number of carbonyl (C=O) groups excluding carboxylic acids is 1.